The molecule has 1 unspecified atom stereocenters. The molecule has 2 aliphatic rings. The summed E-state index contributed by atoms with van der Waals surface area (Å²) >= 11 is 0. The standard InChI is InChI=1S/C24H30N4O4S/c1-17(2)22(26-23-20-10-6-7-11-21(20)33(30,31)27-23)24(29)25-14-19-16-28(12-13-32-19)15-18-8-4-3-5-9-18/h3-11,17,19,22H,12-16H2,1-2H3,(H,25,29)(H,26,27)/t19?,22-/m0/s1. The fourth-order valence-corrected chi connectivity index (χ4v) is 5.33. The monoisotopic (exact) mass is 470 g/mol. The summed E-state index contributed by atoms with van der Waals surface area (Å²) in [6.07, 6.45) is -0.113. The van der Waals surface area contributed by atoms with E-state index in [0.717, 1.165) is 19.6 Å². The molecule has 1 fully saturated rings. The molecule has 0 spiro atoms. The summed E-state index contributed by atoms with van der Waals surface area (Å²) < 4.78 is 33.1. The summed E-state index contributed by atoms with van der Waals surface area (Å²) in [5.74, 6) is -0.149. The second-order valence-corrected chi connectivity index (χ2v) is 10.4. The van der Waals surface area contributed by atoms with Crippen LogP contribution in [0.25, 0.3) is 0 Å². The average molecular weight is 471 g/mol. The van der Waals surface area contributed by atoms with Gasteiger partial charge in [0.1, 0.15) is 11.9 Å². The van der Waals surface area contributed by atoms with Crippen molar-refractivity contribution < 1.29 is 17.9 Å². The van der Waals surface area contributed by atoms with Crippen LogP contribution in [0, 0.1) is 5.92 Å². The van der Waals surface area contributed by atoms with E-state index < -0.39 is 16.1 Å². The molecule has 2 heterocycles. The van der Waals surface area contributed by atoms with Crippen LogP contribution in [0.4, 0.5) is 0 Å². The van der Waals surface area contributed by atoms with Gasteiger partial charge in [0.15, 0.2) is 0 Å². The molecule has 0 aromatic heterocycles. The molecule has 2 aliphatic heterocycles. The molecule has 9 heteroatoms. The van der Waals surface area contributed by atoms with Gasteiger partial charge in [-0.1, -0.05) is 56.3 Å². The van der Waals surface area contributed by atoms with Crippen LogP contribution >= 0.6 is 0 Å². The van der Waals surface area contributed by atoms with Crippen LogP contribution in [0.5, 0.6) is 0 Å². The number of benzene rings is 2. The number of amidine groups is 1. The number of morpholine rings is 1. The first-order valence-corrected chi connectivity index (χ1v) is 12.7. The van der Waals surface area contributed by atoms with E-state index in [2.05, 4.69) is 32.1 Å². The fourth-order valence-electron chi connectivity index (χ4n) is 4.09. The molecule has 2 atom stereocenters. The lowest BCUT2D eigenvalue weighted by atomic mass is 10.0. The van der Waals surface area contributed by atoms with Gasteiger partial charge in [0.2, 0.25) is 5.91 Å². The highest BCUT2D eigenvalue weighted by Crippen LogP contribution is 2.23. The van der Waals surface area contributed by atoms with Crippen LogP contribution in [0.1, 0.15) is 25.0 Å². The zero-order valence-electron chi connectivity index (χ0n) is 18.9. The van der Waals surface area contributed by atoms with Gasteiger partial charge < -0.3 is 10.1 Å². The Bertz CT molecular complexity index is 1120. The van der Waals surface area contributed by atoms with E-state index in [1.54, 1.807) is 18.2 Å². The smallest absolute Gasteiger partial charge is 0.263 e. The van der Waals surface area contributed by atoms with Crippen molar-refractivity contribution in [1.82, 2.24) is 14.9 Å². The number of aliphatic imine (C=N–C) groups is 1. The van der Waals surface area contributed by atoms with E-state index in [4.69, 9.17) is 4.74 Å². The van der Waals surface area contributed by atoms with Crippen molar-refractivity contribution in [2.45, 2.75) is 37.4 Å². The highest BCUT2D eigenvalue weighted by atomic mass is 32.2. The molecule has 8 nitrogen and oxygen atoms in total. The van der Waals surface area contributed by atoms with E-state index >= 15 is 0 Å². The maximum atomic E-state index is 13.0. The lowest BCUT2D eigenvalue weighted by Crippen LogP contribution is -2.49. The third-order valence-corrected chi connectivity index (χ3v) is 7.20. The summed E-state index contributed by atoms with van der Waals surface area (Å²) in [6.45, 7) is 7.19. The Labute approximate surface area is 195 Å². The minimum Gasteiger partial charge on any atom is -0.374 e. The van der Waals surface area contributed by atoms with Crippen molar-refractivity contribution >= 4 is 21.8 Å². The molecule has 176 valence electrons. The molecular weight excluding hydrogens is 440 g/mol. The molecule has 1 saturated heterocycles. The van der Waals surface area contributed by atoms with Crippen LogP contribution in [0.2, 0.25) is 0 Å². The van der Waals surface area contributed by atoms with Gasteiger partial charge in [0.25, 0.3) is 10.0 Å². The molecule has 4 rings (SSSR count). The second-order valence-electron chi connectivity index (χ2n) is 8.73. The van der Waals surface area contributed by atoms with Gasteiger partial charge in [0, 0.05) is 31.7 Å². The highest BCUT2D eigenvalue weighted by molar-refractivity contribution is 7.90. The van der Waals surface area contributed by atoms with Crippen molar-refractivity contribution in [1.29, 1.82) is 0 Å². The Morgan fingerprint density at radius 3 is 2.67 bits per heavy atom. The zero-order valence-corrected chi connectivity index (χ0v) is 19.7. The lowest BCUT2D eigenvalue weighted by Gasteiger charge is -2.33. The number of nitrogens with zero attached hydrogens (tertiary/aromatic N) is 2. The van der Waals surface area contributed by atoms with Crippen molar-refractivity contribution in [3.8, 4) is 0 Å². The van der Waals surface area contributed by atoms with Gasteiger partial charge in [-0.05, 0) is 23.6 Å². The average Bonchev–Trinajstić information content (AvgIpc) is 3.06. The number of carbonyl (C=O) groups is 1. The molecule has 0 saturated carbocycles. The first-order chi connectivity index (χ1) is 15.8. The summed E-state index contributed by atoms with van der Waals surface area (Å²) in [5.41, 5.74) is 1.74. The van der Waals surface area contributed by atoms with Gasteiger partial charge in [0.05, 0.1) is 17.6 Å². The fraction of sp³-hybridized carbons (Fsp3) is 0.417. The number of fused-ring (bicyclic) bond motifs is 1. The largest absolute Gasteiger partial charge is 0.374 e. The number of hydrogen-bond acceptors (Lipinski definition) is 6. The summed E-state index contributed by atoms with van der Waals surface area (Å²) in [7, 11) is -3.65. The molecule has 0 bridgehead atoms. The number of carbonyl (C=O) groups excluding carboxylic acids is 1. The molecule has 1 amide bonds. The first kappa shape index (κ1) is 23.4. The SMILES string of the molecule is CC(C)[C@H](N=C1NS(=O)(=O)c2ccccc21)C(=O)NCC1CN(Cc2ccccc2)CCO1. The van der Waals surface area contributed by atoms with E-state index in [-0.39, 0.29) is 28.7 Å². The van der Waals surface area contributed by atoms with Crippen LogP contribution in [0.15, 0.2) is 64.5 Å². The maximum absolute atomic E-state index is 13.0. The van der Waals surface area contributed by atoms with Crippen molar-refractivity contribution in [3.63, 3.8) is 0 Å². The first-order valence-electron chi connectivity index (χ1n) is 11.2. The molecule has 0 aliphatic carbocycles. The summed E-state index contributed by atoms with van der Waals surface area (Å²) in [4.78, 5) is 20.0. The predicted molar refractivity (Wildman–Crippen MR) is 126 cm³/mol. The number of hydrogen-bond donors (Lipinski definition) is 2. The maximum Gasteiger partial charge on any atom is 0.263 e. The van der Waals surface area contributed by atoms with Gasteiger partial charge in [-0.25, -0.2) is 8.42 Å². The topological polar surface area (TPSA) is 100 Å². The Kier molecular flexibility index (Phi) is 7.11. The highest BCUT2D eigenvalue weighted by Gasteiger charge is 2.33. The summed E-state index contributed by atoms with van der Waals surface area (Å²) in [5, 5.41) is 2.96. The van der Waals surface area contributed by atoms with E-state index in [9.17, 15) is 13.2 Å². The number of nitrogens with one attached hydrogen (secondary N) is 2. The minimum absolute atomic E-state index is 0.113. The normalized spacial score (nSPS) is 22.0. The van der Waals surface area contributed by atoms with Crippen LogP contribution in [-0.2, 0) is 26.1 Å². The van der Waals surface area contributed by atoms with E-state index in [1.165, 1.54) is 11.6 Å². The number of ether oxygens (including phenoxy) is 1. The molecule has 2 aromatic rings. The Morgan fingerprint density at radius 2 is 1.91 bits per heavy atom. The van der Waals surface area contributed by atoms with Gasteiger partial charge in [-0.2, -0.15) is 0 Å². The van der Waals surface area contributed by atoms with E-state index in [1.807, 2.05) is 32.0 Å². The third-order valence-electron chi connectivity index (χ3n) is 5.81. The van der Waals surface area contributed by atoms with Gasteiger partial charge >= 0.3 is 0 Å². The van der Waals surface area contributed by atoms with Crippen LogP contribution in [0.3, 0.4) is 0 Å². The Hall–Kier alpha value is -2.75. The third kappa shape index (κ3) is 5.61. The van der Waals surface area contributed by atoms with Crippen molar-refractivity contribution in [3.05, 3.63) is 65.7 Å². The zero-order chi connectivity index (χ0) is 23.4. The van der Waals surface area contributed by atoms with E-state index in [0.29, 0.717) is 18.7 Å². The molecule has 2 N–H and O–H groups in total. The predicted octanol–water partition coefficient (Wildman–Crippen LogP) is 1.77. The quantitative estimate of drug-likeness (QED) is 0.643. The molecule has 0 radical (unpaired) electrons. The molecule has 2 aromatic carbocycles. The van der Waals surface area contributed by atoms with Crippen LogP contribution < -0.4 is 10.0 Å². The Balaban J connectivity index is 1.39. The van der Waals surface area contributed by atoms with Crippen LogP contribution in [-0.4, -0.2) is 63.4 Å². The number of sulfonamides is 1. The van der Waals surface area contributed by atoms with Crippen molar-refractivity contribution in [2.24, 2.45) is 10.9 Å². The number of rotatable bonds is 7. The van der Waals surface area contributed by atoms with Gasteiger partial charge in [-0.3, -0.25) is 19.4 Å². The van der Waals surface area contributed by atoms with Crippen molar-refractivity contribution in [2.75, 3.05) is 26.2 Å². The van der Waals surface area contributed by atoms with Gasteiger partial charge in [-0.15, -0.1) is 0 Å². The second kappa shape index (κ2) is 10.0. The Morgan fingerprint density at radius 1 is 1.18 bits per heavy atom. The number of amides is 1. The summed E-state index contributed by atoms with van der Waals surface area (Å²) in [6, 6.07) is 16.2. The molecular formula is C24H30N4O4S. The molecule has 33 heavy (non-hydrogen) atoms. The minimum atomic E-state index is -3.65. The lowest BCUT2D eigenvalue weighted by molar-refractivity contribution is -0.124.